The molecule has 3 nitrogen and oxygen atoms in total. The zero-order valence-electron chi connectivity index (χ0n) is 12.9. The first-order valence-electron chi connectivity index (χ1n) is 7.81. The van der Waals surface area contributed by atoms with Crippen LogP contribution in [-0.2, 0) is 4.79 Å². The first-order valence-corrected chi connectivity index (χ1v) is 8.86. The second-order valence-corrected chi connectivity index (χ2v) is 7.06. The molecule has 0 radical (unpaired) electrons. The molecule has 0 aromatic heterocycles. The van der Waals surface area contributed by atoms with Crippen molar-refractivity contribution in [3.05, 3.63) is 0 Å². The van der Waals surface area contributed by atoms with Crippen molar-refractivity contribution in [2.45, 2.75) is 70.1 Å². The first kappa shape index (κ1) is 20.1. The third-order valence-electron chi connectivity index (χ3n) is 4.04. The fourth-order valence-electron chi connectivity index (χ4n) is 2.69. The first-order chi connectivity index (χ1) is 9.19. The number of nitrogens with one attached hydrogen (secondary N) is 1. The molecule has 1 fully saturated rings. The van der Waals surface area contributed by atoms with Crippen LogP contribution in [0.3, 0.4) is 0 Å². The van der Waals surface area contributed by atoms with Crippen molar-refractivity contribution in [1.29, 1.82) is 0 Å². The lowest BCUT2D eigenvalue weighted by molar-refractivity contribution is -0.121. The van der Waals surface area contributed by atoms with E-state index in [1.807, 2.05) is 6.92 Å². The molecule has 0 aliphatic heterocycles. The topological polar surface area (TPSA) is 55.1 Å². The van der Waals surface area contributed by atoms with Crippen LogP contribution >= 0.6 is 24.2 Å². The average Bonchev–Trinajstić information content (AvgIpc) is 2.45. The number of nitrogens with two attached hydrogens (primary N) is 1. The van der Waals surface area contributed by atoms with E-state index >= 15 is 0 Å². The van der Waals surface area contributed by atoms with E-state index in [0.717, 1.165) is 5.75 Å². The van der Waals surface area contributed by atoms with Gasteiger partial charge in [-0.2, -0.15) is 0 Å². The molecule has 0 bridgehead atoms. The SMILES string of the molecule is CCCCSC(C)C(=O)NC(CN)C1CCCCC1.Cl. The Kier molecular flexibility index (Phi) is 11.7. The van der Waals surface area contributed by atoms with Gasteiger partial charge in [-0.05, 0) is 37.9 Å². The minimum Gasteiger partial charge on any atom is -0.351 e. The monoisotopic (exact) mass is 322 g/mol. The summed E-state index contributed by atoms with van der Waals surface area (Å²) in [7, 11) is 0. The number of hydrogen-bond acceptors (Lipinski definition) is 3. The van der Waals surface area contributed by atoms with E-state index in [9.17, 15) is 4.79 Å². The lowest BCUT2D eigenvalue weighted by atomic mass is 9.84. The lowest BCUT2D eigenvalue weighted by Gasteiger charge is -2.30. The number of unbranched alkanes of at least 4 members (excludes halogenated alkanes) is 1. The van der Waals surface area contributed by atoms with Gasteiger partial charge in [0.15, 0.2) is 0 Å². The van der Waals surface area contributed by atoms with E-state index in [-0.39, 0.29) is 29.6 Å². The Hall–Kier alpha value is 0.0700. The third kappa shape index (κ3) is 7.19. The van der Waals surface area contributed by atoms with E-state index in [0.29, 0.717) is 12.5 Å². The van der Waals surface area contributed by atoms with Crippen LogP contribution in [-0.4, -0.2) is 29.5 Å². The van der Waals surface area contributed by atoms with E-state index in [1.54, 1.807) is 11.8 Å². The molecule has 1 amide bonds. The van der Waals surface area contributed by atoms with Crippen LogP contribution in [0.5, 0.6) is 0 Å². The summed E-state index contributed by atoms with van der Waals surface area (Å²) in [6.07, 6.45) is 8.74. The standard InChI is InChI=1S/C15H30N2OS.ClH/c1-3-4-10-19-12(2)15(18)17-14(11-16)13-8-6-5-7-9-13;/h12-14H,3-11,16H2,1-2H3,(H,17,18);1H. The van der Waals surface area contributed by atoms with Crippen molar-refractivity contribution >= 4 is 30.1 Å². The van der Waals surface area contributed by atoms with E-state index in [2.05, 4.69) is 12.2 Å². The van der Waals surface area contributed by atoms with Crippen LogP contribution in [0.4, 0.5) is 0 Å². The number of amides is 1. The zero-order valence-corrected chi connectivity index (χ0v) is 14.5. The normalized spacial score (nSPS) is 18.9. The smallest absolute Gasteiger partial charge is 0.233 e. The Morgan fingerprint density at radius 1 is 1.35 bits per heavy atom. The molecule has 1 saturated carbocycles. The summed E-state index contributed by atoms with van der Waals surface area (Å²) in [4.78, 5) is 12.2. The Labute approximate surface area is 134 Å². The van der Waals surface area contributed by atoms with Crippen molar-refractivity contribution in [2.24, 2.45) is 11.7 Å². The van der Waals surface area contributed by atoms with Crippen molar-refractivity contribution in [1.82, 2.24) is 5.32 Å². The summed E-state index contributed by atoms with van der Waals surface area (Å²) >= 11 is 1.76. The number of thioether (sulfide) groups is 1. The summed E-state index contributed by atoms with van der Waals surface area (Å²) in [5, 5.41) is 3.22. The molecule has 1 aliphatic rings. The highest BCUT2D eigenvalue weighted by Gasteiger charge is 2.25. The predicted octanol–water partition coefficient (Wildman–Crippen LogP) is 3.35. The van der Waals surface area contributed by atoms with Gasteiger partial charge >= 0.3 is 0 Å². The van der Waals surface area contributed by atoms with Gasteiger partial charge in [0, 0.05) is 12.6 Å². The van der Waals surface area contributed by atoms with Gasteiger partial charge in [-0.1, -0.05) is 32.6 Å². The fraction of sp³-hybridized carbons (Fsp3) is 0.933. The van der Waals surface area contributed by atoms with Gasteiger partial charge in [0.25, 0.3) is 0 Å². The number of hydrogen-bond donors (Lipinski definition) is 2. The Bertz CT molecular complexity index is 260. The summed E-state index contributed by atoms with van der Waals surface area (Å²) in [5.41, 5.74) is 5.85. The van der Waals surface area contributed by atoms with Crippen molar-refractivity contribution in [2.75, 3.05) is 12.3 Å². The van der Waals surface area contributed by atoms with Crippen LogP contribution in [0.15, 0.2) is 0 Å². The van der Waals surface area contributed by atoms with Gasteiger partial charge in [0.05, 0.1) is 5.25 Å². The molecule has 0 aromatic rings. The summed E-state index contributed by atoms with van der Waals surface area (Å²) in [6, 6.07) is 0.182. The number of carbonyl (C=O) groups is 1. The molecule has 0 saturated heterocycles. The molecule has 0 heterocycles. The molecule has 2 unspecified atom stereocenters. The van der Waals surface area contributed by atoms with Crippen LogP contribution in [0.2, 0.25) is 0 Å². The highest BCUT2D eigenvalue weighted by molar-refractivity contribution is 8.00. The predicted molar refractivity (Wildman–Crippen MR) is 91.6 cm³/mol. The summed E-state index contributed by atoms with van der Waals surface area (Å²) in [5.74, 6) is 1.83. The van der Waals surface area contributed by atoms with Crippen molar-refractivity contribution in [3.8, 4) is 0 Å². The quantitative estimate of drug-likeness (QED) is 0.674. The average molecular weight is 323 g/mol. The summed E-state index contributed by atoms with van der Waals surface area (Å²) in [6.45, 7) is 4.76. The van der Waals surface area contributed by atoms with Gasteiger partial charge in [-0.15, -0.1) is 24.2 Å². The molecule has 120 valence electrons. The largest absolute Gasteiger partial charge is 0.351 e. The van der Waals surface area contributed by atoms with Crippen LogP contribution < -0.4 is 11.1 Å². The Balaban J connectivity index is 0.00000361. The zero-order chi connectivity index (χ0) is 14.1. The molecule has 1 aliphatic carbocycles. The molecule has 5 heteroatoms. The number of rotatable bonds is 8. The van der Waals surface area contributed by atoms with Gasteiger partial charge in [0.2, 0.25) is 5.91 Å². The highest BCUT2D eigenvalue weighted by atomic mass is 35.5. The van der Waals surface area contributed by atoms with Gasteiger partial charge in [-0.25, -0.2) is 0 Å². The van der Waals surface area contributed by atoms with Crippen LogP contribution in [0.25, 0.3) is 0 Å². The third-order valence-corrected chi connectivity index (χ3v) is 5.27. The Morgan fingerprint density at radius 2 is 2.00 bits per heavy atom. The second kappa shape index (κ2) is 11.7. The molecule has 1 rings (SSSR count). The molecule has 2 atom stereocenters. The maximum absolute atomic E-state index is 12.2. The maximum atomic E-state index is 12.2. The van der Waals surface area contributed by atoms with Gasteiger partial charge < -0.3 is 11.1 Å². The van der Waals surface area contributed by atoms with Gasteiger partial charge in [-0.3, -0.25) is 4.79 Å². The molecule has 20 heavy (non-hydrogen) atoms. The fourth-order valence-corrected chi connectivity index (χ4v) is 3.71. The maximum Gasteiger partial charge on any atom is 0.233 e. The van der Waals surface area contributed by atoms with Crippen LogP contribution in [0.1, 0.15) is 58.8 Å². The lowest BCUT2D eigenvalue weighted by Crippen LogP contribution is -2.48. The van der Waals surface area contributed by atoms with Gasteiger partial charge in [0.1, 0.15) is 0 Å². The van der Waals surface area contributed by atoms with Crippen LogP contribution in [0, 0.1) is 5.92 Å². The highest BCUT2D eigenvalue weighted by Crippen LogP contribution is 2.26. The van der Waals surface area contributed by atoms with E-state index in [4.69, 9.17) is 5.73 Å². The molecule has 0 spiro atoms. The minimum absolute atomic E-state index is 0. The van der Waals surface area contributed by atoms with E-state index < -0.39 is 0 Å². The van der Waals surface area contributed by atoms with Crippen molar-refractivity contribution in [3.63, 3.8) is 0 Å². The minimum atomic E-state index is 0. The second-order valence-electron chi connectivity index (χ2n) is 5.62. The van der Waals surface area contributed by atoms with Crippen molar-refractivity contribution < 1.29 is 4.79 Å². The Morgan fingerprint density at radius 3 is 2.55 bits per heavy atom. The number of carbonyl (C=O) groups excluding carboxylic acids is 1. The molecule has 0 aromatic carbocycles. The molecule has 3 N–H and O–H groups in total. The number of halogens is 1. The van der Waals surface area contributed by atoms with E-state index in [1.165, 1.54) is 44.9 Å². The molecular weight excluding hydrogens is 292 g/mol. The summed E-state index contributed by atoms with van der Waals surface area (Å²) < 4.78 is 0. The molecular formula is C15H31ClN2OS.